The first-order valence-electron chi connectivity index (χ1n) is 6.12. The summed E-state index contributed by atoms with van der Waals surface area (Å²) in [7, 11) is 0. The van der Waals surface area contributed by atoms with E-state index in [1.165, 1.54) is 0 Å². The number of hydrogen-bond donors (Lipinski definition) is 1. The second kappa shape index (κ2) is 5.46. The summed E-state index contributed by atoms with van der Waals surface area (Å²) < 4.78 is 6.69. The van der Waals surface area contributed by atoms with Crippen molar-refractivity contribution in [3.05, 3.63) is 58.6 Å². The lowest BCUT2D eigenvalue weighted by atomic mass is 10.2. The Morgan fingerprint density at radius 2 is 1.60 bits per heavy atom. The maximum absolute atomic E-state index is 5.87. The Hall–Kier alpha value is -2.14. The van der Waals surface area contributed by atoms with Gasteiger partial charge in [-0.1, -0.05) is 40.2 Å². The molecule has 0 aliphatic rings. The summed E-state index contributed by atoms with van der Waals surface area (Å²) in [6, 6.07) is 15.5. The highest BCUT2D eigenvalue weighted by molar-refractivity contribution is 9.10. The Morgan fingerprint density at radius 3 is 2.30 bits per heavy atom. The number of hydrogen-bond acceptors (Lipinski definition) is 4. The van der Waals surface area contributed by atoms with Gasteiger partial charge in [-0.15, -0.1) is 0 Å². The van der Waals surface area contributed by atoms with Gasteiger partial charge in [-0.25, -0.2) is 9.97 Å². The molecule has 2 N–H and O–H groups in total. The highest BCUT2D eigenvalue weighted by Crippen LogP contribution is 2.21. The molecule has 20 heavy (non-hydrogen) atoms. The summed E-state index contributed by atoms with van der Waals surface area (Å²) in [6.45, 7) is 0.407. The number of fused-ring (bicyclic) bond motifs is 1. The minimum absolute atomic E-state index is 0.306. The fourth-order valence-electron chi connectivity index (χ4n) is 1.84. The Balaban J connectivity index is 1.83. The molecule has 0 saturated heterocycles. The van der Waals surface area contributed by atoms with Crippen LogP contribution in [-0.2, 0) is 6.61 Å². The maximum Gasteiger partial charge on any atom is 0.258 e. The van der Waals surface area contributed by atoms with Crippen LogP contribution in [0.5, 0.6) is 5.88 Å². The lowest BCUT2D eigenvalue weighted by molar-refractivity contribution is 0.296. The molecule has 0 amide bonds. The normalized spacial score (nSPS) is 10.7. The number of nitrogens with zero attached hydrogens (tertiary/aromatic N) is 2. The number of rotatable bonds is 3. The number of aromatic nitrogens is 2. The van der Waals surface area contributed by atoms with Crippen LogP contribution in [0.15, 0.2) is 53.0 Å². The lowest BCUT2D eigenvalue weighted by Crippen LogP contribution is -2.03. The Kier molecular flexibility index (Phi) is 3.52. The molecular formula is C15H12BrN3O. The van der Waals surface area contributed by atoms with Crippen LogP contribution >= 0.6 is 15.9 Å². The van der Waals surface area contributed by atoms with Gasteiger partial charge in [-0.2, -0.15) is 0 Å². The molecule has 3 aromatic rings. The quantitative estimate of drug-likeness (QED) is 0.798. The average Bonchev–Trinajstić information content (AvgIpc) is 2.47. The van der Waals surface area contributed by atoms with Crippen molar-refractivity contribution in [3.63, 3.8) is 0 Å². The highest BCUT2D eigenvalue weighted by atomic mass is 79.9. The van der Waals surface area contributed by atoms with Crippen LogP contribution in [0.3, 0.4) is 0 Å². The van der Waals surface area contributed by atoms with E-state index in [-0.39, 0.29) is 0 Å². The van der Waals surface area contributed by atoms with Gasteiger partial charge in [0.2, 0.25) is 0 Å². The first-order chi connectivity index (χ1) is 9.72. The van der Waals surface area contributed by atoms with E-state index in [2.05, 4.69) is 25.9 Å². The number of ether oxygens (including phenoxy) is 1. The van der Waals surface area contributed by atoms with Crippen molar-refractivity contribution in [1.82, 2.24) is 9.97 Å². The van der Waals surface area contributed by atoms with E-state index >= 15 is 0 Å². The fourth-order valence-corrected chi connectivity index (χ4v) is 2.10. The van der Waals surface area contributed by atoms with Crippen molar-refractivity contribution >= 4 is 32.8 Å². The SMILES string of the molecule is Nc1nc2ccccc2nc1OCc1ccc(Br)cc1. The first-order valence-corrected chi connectivity index (χ1v) is 6.91. The number of benzene rings is 2. The summed E-state index contributed by atoms with van der Waals surface area (Å²) in [5, 5.41) is 0. The largest absolute Gasteiger partial charge is 0.470 e. The molecule has 0 atom stereocenters. The molecule has 1 heterocycles. The van der Waals surface area contributed by atoms with Crippen LogP contribution in [0.1, 0.15) is 5.56 Å². The zero-order chi connectivity index (χ0) is 13.9. The summed E-state index contributed by atoms with van der Waals surface area (Å²) in [4.78, 5) is 8.67. The zero-order valence-corrected chi connectivity index (χ0v) is 12.2. The van der Waals surface area contributed by atoms with Crippen LogP contribution in [0.2, 0.25) is 0 Å². The summed E-state index contributed by atoms with van der Waals surface area (Å²) in [5.74, 6) is 0.674. The van der Waals surface area contributed by atoms with Gasteiger partial charge >= 0.3 is 0 Å². The average molecular weight is 330 g/mol. The number of nitrogens with two attached hydrogens (primary N) is 1. The van der Waals surface area contributed by atoms with Crippen molar-refractivity contribution in [2.45, 2.75) is 6.61 Å². The molecule has 0 radical (unpaired) electrons. The topological polar surface area (TPSA) is 61.0 Å². The van der Waals surface area contributed by atoms with Crippen LogP contribution in [0.4, 0.5) is 5.82 Å². The van der Waals surface area contributed by atoms with E-state index in [4.69, 9.17) is 10.5 Å². The third-order valence-electron chi connectivity index (χ3n) is 2.85. The van der Waals surface area contributed by atoms with Gasteiger partial charge in [0.25, 0.3) is 5.88 Å². The lowest BCUT2D eigenvalue weighted by Gasteiger charge is -2.08. The minimum atomic E-state index is 0.306. The molecule has 5 heteroatoms. The van der Waals surface area contributed by atoms with Gasteiger partial charge in [0.15, 0.2) is 5.82 Å². The van der Waals surface area contributed by atoms with E-state index in [0.29, 0.717) is 18.3 Å². The van der Waals surface area contributed by atoms with E-state index < -0.39 is 0 Å². The predicted octanol–water partition coefficient (Wildman–Crippen LogP) is 3.55. The van der Waals surface area contributed by atoms with Crippen molar-refractivity contribution in [2.75, 3.05) is 5.73 Å². The van der Waals surface area contributed by atoms with Crippen LogP contribution in [0.25, 0.3) is 11.0 Å². The molecule has 0 unspecified atom stereocenters. The number of nitrogen functional groups attached to an aromatic ring is 1. The van der Waals surface area contributed by atoms with E-state index in [1.54, 1.807) is 0 Å². The number of anilines is 1. The van der Waals surface area contributed by atoms with Crippen LogP contribution in [0, 0.1) is 0 Å². The third kappa shape index (κ3) is 2.72. The second-order valence-electron chi connectivity index (χ2n) is 4.32. The van der Waals surface area contributed by atoms with Crippen LogP contribution in [-0.4, -0.2) is 9.97 Å². The second-order valence-corrected chi connectivity index (χ2v) is 5.23. The molecular weight excluding hydrogens is 318 g/mol. The van der Waals surface area contributed by atoms with Crippen molar-refractivity contribution < 1.29 is 4.74 Å². The molecule has 4 nitrogen and oxygen atoms in total. The van der Waals surface area contributed by atoms with Gasteiger partial charge in [0, 0.05) is 4.47 Å². The molecule has 0 aliphatic carbocycles. The Bertz CT molecular complexity index is 744. The molecule has 100 valence electrons. The molecule has 0 saturated carbocycles. The minimum Gasteiger partial charge on any atom is -0.470 e. The van der Waals surface area contributed by atoms with Crippen molar-refractivity contribution in [1.29, 1.82) is 0 Å². The monoisotopic (exact) mass is 329 g/mol. The van der Waals surface area contributed by atoms with Gasteiger partial charge in [0.05, 0.1) is 11.0 Å². The molecule has 0 spiro atoms. The van der Waals surface area contributed by atoms with Crippen molar-refractivity contribution in [3.8, 4) is 5.88 Å². The standard InChI is InChI=1S/C15H12BrN3O/c16-11-7-5-10(6-8-11)9-20-15-14(17)18-12-3-1-2-4-13(12)19-15/h1-8H,9H2,(H2,17,18). The molecule has 1 aromatic heterocycles. The van der Waals surface area contributed by atoms with Gasteiger partial charge in [0.1, 0.15) is 6.61 Å². The third-order valence-corrected chi connectivity index (χ3v) is 3.38. The first kappa shape index (κ1) is 12.9. The number of halogens is 1. The summed E-state index contributed by atoms with van der Waals surface area (Å²) in [5.41, 5.74) is 8.45. The van der Waals surface area contributed by atoms with Gasteiger partial charge in [-0.3, -0.25) is 0 Å². The maximum atomic E-state index is 5.87. The summed E-state index contributed by atoms with van der Waals surface area (Å²) >= 11 is 3.40. The predicted molar refractivity (Wildman–Crippen MR) is 82.4 cm³/mol. The number of para-hydroxylation sites is 2. The van der Waals surface area contributed by atoms with E-state index in [1.807, 2.05) is 48.5 Å². The molecule has 2 aromatic carbocycles. The molecule has 0 bridgehead atoms. The molecule has 0 aliphatic heterocycles. The van der Waals surface area contributed by atoms with Gasteiger partial charge < -0.3 is 10.5 Å². The van der Waals surface area contributed by atoms with Crippen molar-refractivity contribution in [2.24, 2.45) is 0 Å². The fraction of sp³-hybridized carbons (Fsp3) is 0.0667. The molecule has 0 fully saturated rings. The smallest absolute Gasteiger partial charge is 0.258 e. The van der Waals surface area contributed by atoms with E-state index in [0.717, 1.165) is 21.1 Å². The Labute approximate surface area is 124 Å². The zero-order valence-electron chi connectivity index (χ0n) is 10.6. The molecule has 3 rings (SSSR count). The highest BCUT2D eigenvalue weighted by Gasteiger charge is 2.07. The Morgan fingerprint density at radius 1 is 0.950 bits per heavy atom. The van der Waals surface area contributed by atoms with E-state index in [9.17, 15) is 0 Å². The van der Waals surface area contributed by atoms with Gasteiger partial charge in [-0.05, 0) is 29.8 Å². The van der Waals surface area contributed by atoms with Crippen LogP contribution < -0.4 is 10.5 Å². The summed E-state index contributed by atoms with van der Waals surface area (Å²) in [6.07, 6.45) is 0.